The minimum Gasteiger partial charge on any atom is -0.380 e. The number of nitrogens with two attached hydrogens (primary N) is 1. The van der Waals surface area contributed by atoms with Gasteiger partial charge in [0.05, 0.1) is 6.61 Å². The number of carbonyl (C=O) groups is 1. The first-order chi connectivity index (χ1) is 8.60. The average molecular weight is 315 g/mol. The average Bonchev–Trinajstić information content (AvgIpc) is 2.34. The Labute approximate surface area is 116 Å². The van der Waals surface area contributed by atoms with Gasteiger partial charge in [0.15, 0.2) is 0 Å². The van der Waals surface area contributed by atoms with E-state index in [1.54, 1.807) is 7.11 Å². The summed E-state index contributed by atoms with van der Waals surface area (Å²) < 4.78 is 6.06. The quantitative estimate of drug-likeness (QED) is 0.848. The summed E-state index contributed by atoms with van der Waals surface area (Å²) in [7, 11) is 1.63. The standard InChI is InChI=1S/C13H19BrN2O2/c1-9(6-7-15)13(17)16-12-5-3-4-11(14)10(12)8-18-2/h3-5,9H,6-8,15H2,1-2H3,(H,16,17). The van der Waals surface area contributed by atoms with Crippen molar-refractivity contribution in [2.75, 3.05) is 19.0 Å². The molecule has 18 heavy (non-hydrogen) atoms. The lowest BCUT2D eigenvalue weighted by Gasteiger charge is -2.15. The first-order valence-electron chi connectivity index (χ1n) is 5.87. The minimum atomic E-state index is -0.0932. The normalized spacial score (nSPS) is 12.2. The van der Waals surface area contributed by atoms with E-state index in [0.29, 0.717) is 19.6 Å². The van der Waals surface area contributed by atoms with Crippen LogP contribution in [0.25, 0.3) is 0 Å². The van der Waals surface area contributed by atoms with E-state index >= 15 is 0 Å². The smallest absolute Gasteiger partial charge is 0.227 e. The molecule has 5 heteroatoms. The number of hydrogen-bond donors (Lipinski definition) is 2. The largest absolute Gasteiger partial charge is 0.380 e. The zero-order valence-corrected chi connectivity index (χ0v) is 12.3. The molecule has 0 aliphatic heterocycles. The summed E-state index contributed by atoms with van der Waals surface area (Å²) in [6, 6.07) is 5.67. The molecule has 0 heterocycles. The van der Waals surface area contributed by atoms with Crippen LogP contribution in [0.4, 0.5) is 5.69 Å². The number of anilines is 1. The molecule has 0 fully saturated rings. The van der Waals surface area contributed by atoms with Crippen LogP contribution >= 0.6 is 15.9 Å². The number of methoxy groups -OCH3 is 1. The van der Waals surface area contributed by atoms with Gasteiger partial charge in [-0.25, -0.2) is 0 Å². The van der Waals surface area contributed by atoms with Crippen molar-refractivity contribution in [3.8, 4) is 0 Å². The summed E-state index contributed by atoms with van der Waals surface area (Å²) in [5.74, 6) is -0.111. The summed E-state index contributed by atoms with van der Waals surface area (Å²) in [5.41, 5.74) is 7.17. The van der Waals surface area contributed by atoms with Crippen molar-refractivity contribution in [2.24, 2.45) is 11.7 Å². The monoisotopic (exact) mass is 314 g/mol. The molecule has 0 radical (unpaired) electrons. The van der Waals surface area contributed by atoms with E-state index in [2.05, 4.69) is 21.2 Å². The summed E-state index contributed by atoms with van der Waals surface area (Å²) in [6.07, 6.45) is 0.680. The fraction of sp³-hybridized carbons (Fsp3) is 0.462. The third-order valence-corrected chi connectivity index (χ3v) is 3.46. The van der Waals surface area contributed by atoms with E-state index in [-0.39, 0.29) is 11.8 Å². The van der Waals surface area contributed by atoms with Gasteiger partial charge in [-0.2, -0.15) is 0 Å². The maximum Gasteiger partial charge on any atom is 0.227 e. The number of rotatable bonds is 6. The molecular formula is C13H19BrN2O2. The van der Waals surface area contributed by atoms with E-state index < -0.39 is 0 Å². The lowest BCUT2D eigenvalue weighted by atomic mass is 10.1. The minimum absolute atomic E-state index is 0.0177. The van der Waals surface area contributed by atoms with Gasteiger partial charge in [-0.1, -0.05) is 28.9 Å². The Morgan fingerprint density at radius 1 is 1.56 bits per heavy atom. The van der Waals surface area contributed by atoms with Gasteiger partial charge in [-0.05, 0) is 25.1 Å². The number of amides is 1. The highest BCUT2D eigenvalue weighted by atomic mass is 79.9. The van der Waals surface area contributed by atoms with Crippen LogP contribution in [0, 0.1) is 5.92 Å². The Morgan fingerprint density at radius 2 is 2.28 bits per heavy atom. The lowest BCUT2D eigenvalue weighted by Crippen LogP contribution is -2.23. The molecule has 1 aromatic carbocycles. The van der Waals surface area contributed by atoms with Crippen LogP contribution in [0.1, 0.15) is 18.9 Å². The maximum atomic E-state index is 11.9. The molecule has 1 unspecified atom stereocenters. The van der Waals surface area contributed by atoms with Crippen LogP contribution in [0.5, 0.6) is 0 Å². The molecule has 0 aromatic heterocycles. The molecular weight excluding hydrogens is 296 g/mol. The van der Waals surface area contributed by atoms with Crippen LogP contribution in [-0.4, -0.2) is 19.6 Å². The van der Waals surface area contributed by atoms with Gasteiger partial charge in [-0.15, -0.1) is 0 Å². The predicted molar refractivity (Wildman–Crippen MR) is 76.3 cm³/mol. The molecule has 1 rings (SSSR count). The zero-order valence-electron chi connectivity index (χ0n) is 10.7. The number of benzene rings is 1. The Balaban J connectivity index is 2.83. The second kappa shape index (κ2) is 7.51. The van der Waals surface area contributed by atoms with E-state index in [4.69, 9.17) is 10.5 Å². The van der Waals surface area contributed by atoms with Crippen LogP contribution < -0.4 is 11.1 Å². The van der Waals surface area contributed by atoms with Gasteiger partial charge < -0.3 is 15.8 Å². The second-order valence-corrected chi connectivity index (χ2v) is 5.02. The molecule has 1 aromatic rings. The van der Waals surface area contributed by atoms with Crippen molar-refractivity contribution >= 4 is 27.5 Å². The molecule has 100 valence electrons. The summed E-state index contributed by atoms with van der Waals surface area (Å²) in [5, 5.41) is 2.92. The van der Waals surface area contributed by atoms with Gasteiger partial charge in [0.25, 0.3) is 0 Å². The van der Waals surface area contributed by atoms with Crippen LogP contribution in [0.3, 0.4) is 0 Å². The van der Waals surface area contributed by atoms with E-state index in [1.807, 2.05) is 25.1 Å². The number of halogens is 1. The van der Waals surface area contributed by atoms with Crippen molar-refractivity contribution in [1.82, 2.24) is 0 Å². The van der Waals surface area contributed by atoms with Crippen molar-refractivity contribution < 1.29 is 9.53 Å². The Bertz CT molecular complexity index is 410. The fourth-order valence-corrected chi connectivity index (χ4v) is 2.08. The third kappa shape index (κ3) is 4.08. The van der Waals surface area contributed by atoms with Crippen molar-refractivity contribution in [2.45, 2.75) is 20.0 Å². The van der Waals surface area contributed by atoms with Gasteiger partial charge in [0.1, 0.15) is 0 Å². The number of ether oxygens (including phenoxy) is 1. The molecule has 0 saturated heterocycles. The lowest BCUT2D eigenvalue weighted by molar-refractivity contribution is -0.119. The zero-order chi connectivity index (χ0) is 13.5. The highest BCUT2D eigenvalue weighted by Gasteiger charge is 2.14. The first-order valence-corrected chi connectivity index (χ1v) is 6.66. The molecule has 1 amide bonds. The van der Waals surface area contributed by atoms with Crippen LogP contribution in [0.15, 0.2) is 22.7 Å². The third-order valence-electron chi connectivity index (χ3n) is 2.71. The number of nitrogens with one attached hydrogen (secondary N) is 1. The van der Waals surface area contributed by atoms with Crippen LogP contribution in [-0.2, 0) is 16.1 Å². The highest BCUT2D eigenvalue weighted by Crippen LogP contribution is 2.26. The molecule has 0 saturated carbocycles. The maximum absolute atomic E-state index is 11.9. The fourth-order valence-electron chi connectivity index (χ4n) is 1.60. The number of carbonyl (C=O) groups excluding carboxylic acids is 1. The van der Waals surface area contributed by atoms with E-state index in [0.717, 1.165) is 15.7 Å². The molecule has 0 bridgehead atoms. The second-order valence-electron chi connectivity index (χ2n) is 4.17. The topological polar surface area (TPSA) is 64.3 Å². The molecule has 0 aliphatic carbocycles. The summed E-state index contributed by atoms with van der Waals surface area (Å²) in [6.45, 7) is 2.83. The summed E-state index contributed by atoms with van der Waals surface area (Å²) >= 11 is 3.45. The summed E-state index contributed by atoms with van der Waals surface area (Å²) in [4.78, 5) is 11.9. The Morgan fingerprint density at radius 3 is 2.89 bits per heavy atom. The molecule has 3 N–H and O–H groups in total. The van der Waals surface area contributed by atoms with Gasteiger partial charge in [-0.3, -0.25) is 4.79 Å². The predicted octanol–water partition coefficient (Wildman–Crippen LogP) is 2.52. The van der Waals surface area contributed by atoms with Crippen molar-refractivity contribution in [3.05, 3.63) is 28.2 Å². The van der Waals surface area contributed by atoms with Crippen molar-refractivity contribution in [3.63, 3.8) is 0 Å². The highest BCUT2D eigenvalue weighted by molar-refractivity contribution is 9.10. The molecule has 1 atom stereocenters. The first kappa shape index (κ1) is 15.1. The molecule has 0 aliphatic rings. The van der Waals surface area contributed by atoms with E-state index in [1.165, 1.54) is 0 Å². The molecule has 0 spiro atoms. The number of hydrogen-bond acceptors (Lipinski definition) is 3. The Kier molecular flexibility index (Phi) is 6.32. The SMILES string of the molecule is COCc1c(Br)cccc1NC(=O)C(C)CCN. The van der Waals surface area contributed by atoms with Crippen molar-refractivity contribution in [1.29, 1.82) is 0 Å². The molecule has 4 nitrogen and oxygen atoms in total. The van der Waals surface area contributed by atoms with Gasteiger partial charge >= 0.3 is 0 Å². The van der Waals surface area contributed by atoms with Gasteiger partial charge in [0.2, 0.25) is 5.91 Å². The van der Waals surface area contributed by atoms with E-state index in [9.17, 15) is 4.79 Å². The van der Waals surface area contributed by atoms with Gasteiger partial charge in [0, 0.05) is 28.8 Å². The Hall–Kier alpha value is -0.910. The van der Waals surface area contributed by atoms with Crippen LogP contribution in [0.2, 0.25) is 0 Å².